The van der Waals surface area contributed by atoms with Crippen LogP contribution in [0.2, 0.25) is 0 Å². The number of benzene rings is 2. The Balaban J connectivity index is 0.00000288. The standard InChI is InChI=1S/C19H24N2O2.ClH/c1-13(2)15-5-8-17(9-6-15)23-11-10-21-19(22)18-12-16(20)7-4-14(18)3;/h4-9,12-13H,10-11,20H2,1-3H3,(H,21,22);1H. The maximum atomic E-state index is 12.1. The van der Waals surface area contributed by atoms with Crippen LogP contribution in [0.25, 0.3) is 0 Å². The van der Waals surface area contributed by atoms with Crippen molar-refractivity contribution in [1.29, 1.82) is 0 Å². The Morgan fingerprint density at radius 2 is 1.83 bits per heavy atom. The fourth-order valence-electron chi connectivity index (χ4n) is 2.26. The van der Waals surface area contributed by atoms with E-state index in [2.05, 4.69) is 31.3 Å². The molecule has 0 spiro atoms. The van der Waals surface area contributed by atoms with Crippen LogP contribution in [-0.4, -0.2) is 19.1 Å². The molecule has 24 heavy (non-hydrogen) atoms. The Hall–Kier alpha value is -2.20. The van der Waals surface area contributed by atoms with Crippen molar-refractivity contribution >= 4 is 24.0 Å². The third kappa shape index (κ3) is 5.46. The molecule has 0 aliphatic heterocycles. The molecule has 0 heterocycles. The zero-order chi connectivity index (χ0) is 16.8. The molecule has 0 aromatic heterocycles. The zero-order valence-electron chi connectivity index (χ0n) is 14.3. The largest absolute Gasteiger partial charge is 0.492 e. The highest BCUT2D eigenvalue weighted by Crippen LogP contribution is 2.18. The normalized spacial score (nSPS) is 10.2. The van der Waals surface area contributed by atoms with Crippen molar-refractivity contribution in [2.24, 2.45) is 0 Å². The van der Waals surface area contributed by atoms with Gasteiger partial charge in [-0.2, -0.15) is 0 Å². The second-order valence-corrected chi connectivity index (χ2v) is 5.90. The Morgan fingerprint density at radius 1 is 1.17 bits per heavy atom. The molecule has 0 unspecified atom stereocenters. The predicted octanol–water partition coefficient (Wildman–Crippen LogP) is 3.93. The summed E-state index contributed by atoms with van der Waals surface area (Å²) in [5.41, 5.74) is 9.10. The Morgan fingerprint density at radius 3 is 2.46 bits per heavy atom. The van der Waals surface area contributed by atoms with Gasteiger partial charge in [-0.1, -0.05) is 32.0 Å². The van der Waals surface area contributed by atoms with E-state index in [1.54, 1.807) is 12.1 Å². The molecular formula is C19H25ClN2O2. The van der Waals surface area contributed by atoms with Crippen LogP contribution < -0.4 is 15.8 Å². The first-order chi connectivity index (χ1) is 11.0. The number of nitrogens with two attached hydrogens (primary N) is 1. The molecule has 0 saturated heterocycles. The van der Waals surface area contributed by atoms with Crippen LogP contribution in [0.1, 0.15) is 41.3 Å². The molecule has 5 heteroatoms. The van der Waals surface area contributed by atoms with Gasteiger partial charge in [0.25, 0.3) is 5.91 Å². The fourth-order valence-corrected chi connectivity index (χ4v) is 2.26. The summed E-state index contributed by atoms with van der Waals surface area (Å²) in [5.74, 6) is 1.18. The van der Waals surface area contributed by atoms with E-state index in [0.29, 0.717) is 30.3 Å². The van der Waals surface area contributed by atoms with Crippen LogP contribution in [-0.2, 0) is 0 Å². The van der Waals surface area contributed by atoms with E-state index in [0.717, 1.165) is 11.3 Å². The third-order valence-electron chi connectivity index (χ3n) is 3.71. The lowest BCUT2D eigenvalue weighted by Gasteiger charge is -2.11. The summed E-state index contributed by atoms with van der Waals surface area (Å²) in [5, 5.41) is 2.85. The summed E-state index contributed by atoms with van der Waals surface area (Å²) in [6.07, 6.45) is 0. The zero-order valence-corrected chi connectivity index (χ0v) is 15.2. The molecule has 0 atom stereocenters. The van der Waals surface area contributed by atoms with Gasteiger partial charge in [0.2, 0.25) is 0 Å². The maximum absolute atomic E-state index is 12.1. The minimum atomic E-state index is -0.131. The highest BCUT2D eigenvalue weighted by atomic mass is 35.5. The number of amides is 1. The molecule has 0 fully saturated rings. The van der Waals surface area contributed by atoms with Gasteiger partial charge < -0.3 is 15.8 Å². The molecule has 3 N–H and O–H groups in total. The SMILES string of the molecule is Cc1ccc(N)cc1C(=O)NCCOc1ccc(C(C)C)cc1.Cl. The topological polar surface area (TPSA) is 64.4 Å². The first-order valence-corrected chi connectivity index (χ1v) is 7.84. The molecule has 2 aromatic rings. The Labute approximate surface area is 149 Å². The van der Waals surface area contributed by atoms with E-state index in [9.17, 15) is 4.79 Å². The van der Waals surface area contributed by atoms with Crippen molar-refractivity contribution in [1.82, 2.24) is 5.32 Å². The number of carbonyl (C=O) groups is 1. The highest BCUT2D eigenvalue weighted by molar-refractivity contribution is 5.96. The molecule has 4 nitrogen and oxygen atoms in total. The summed E-state index contributed by atoms with van der Waals surface area (Å²) in [4.78, 5) is 12.1. The lowest BCUT2D eigenvalue weighted by atomic mass is 10.0. The van der Waals surface area contributed by atoms with Gasteiger partial charge in [0, 0.05) is 11.3 Å². The Kier molecular flexibility index (Phi) is 7.59. The summed E-state index contributed by atoms with van der Waals surface area (Å²) in [6, 6.07) is 13.4. The number of hydrogen-bond donors (Lipinski definition) is 2. The van der Waals surface area contributed by atoms with Crippen LogP contribution in [0.4, 0.5) is 5.69 Å². The number of hydrogen-bond acceptors (Lipinski definition) is 3. The molecule has 0 bridgehead atoms. The second kappa shape index (κ2) is 9.18. The first kappa shape index (κ1) is 19.8. The summed E-state index contributed by atoms with van der Waals surface area (Å²) in [7, 11) is 0. The average Bonchev–Trinajstić information content (AvgIpc) is 2.54. The van der Waals surface area contributed by atoms with Crippen molar-refractivity contribution in [3.63, 3.8) is 0 Å². The minimum Gasteiger partial charge on any atom is -0.492 e. The third-order valence-corrected chi connectivity index (χ3v) is 3.71. The fraction of sp³-hybridized carbons (Fsp3) is 0.316. The van der Waals surface area contributed by atoms with E-state index in [1.165, 1.54) is 5.56 Å². The van der Waals surface area contributed by atoms with Gasteiger partial charge in [-0.05, 0) is 48.2 Å². The number of halogens is 1. The molecule has 1 amide bonds. The molecule has 0 radical (unpaired) electrons. The van der Waals surface area contributed by atoms with Gasteiger partial charge in [-0.3, -0.25) is 4.79 Å². The van der Waals surface area contributed by atoms with Crippen LogP contribution >= 0.6 is 12.4 Å². The molecule has 2 rings (SSSR count). The van der Waals surface area contributed by atoms with Crippen molar-refractivity contribution < 1.29 is 9.53 Å². The second-order valence-electron chi connectivity index (χ2n) is 5.90. The molecule has 2 aromatic carbocycles. The monoisotopic (exact) mass is 348 g/mol. The smallest absolute Gasteiger partial charge is 0.251 e. The summed E-state index contributed by atoms with van der Waals surface area (Å²) in [6.45, 7) is 7.07. The molecule has 130 valence electrons. The van der Waals surface area contributed by atoms with E-state index >= 15 is 0 Å². The van der Waals surface area contributed by atoms with Gasteiger partial charge >= 0.3 is 0 Å². The molecule has 0 aliphatic carbocycles. The first-order valence-electron chi connectivity index (χ1n) is 7.84. The lowest BCUT2D eigenvalue weighted by Crippen LogP contribution is -2.28. The van der Waals surface area contributed by atoms with Crippen LogP contribution in [0.15, 0.2) is 42.5 Å². The van der Waals surface area contributed by atoms with Gasteiger partial charge in [0.05, 0.1) is 6.54 Å². The van der Waals surface area contributed by atoms with Crippen molar-refractivity contribution in [3.8, 4) is 5.75 Å². The molecular weight excluding hydrogens is 324 g/mol. The van der Waals surface area contributed by atoms with Gasteiger partial charge in [-0.15, -0.1) is 12.4 Å². The van der Waals surface area contributed by atoms with Crippen LogP contribution in [0.3, 0.4) is 0 Å². The number of nitrogen functional groups attached to an aromatic ring is 1. The van der Waals surface area contributed by atoms with Crippen molar-refractivity contribution in [2.45, 2.75) is 26.7 Å². The number of carbonyl (C=O) groups excluding carboxylic acids is 1. The number of aryl methyl sites for hydroxylation is 1. The summed E-state index contributed by atoms with van der Waals surface area (Å²) < 4.78 is 5.64. The van der Waals surface area contributed by atoms with Crippen LogP contribution in [0, 0.1) is 6.92 Å². The lowest BCUT2D eigenvalue weighted by molar-refractivity contribution is 0.0946. The van der Waals surface area contributed by atoms with E-state index in [1.807, 2.05) is 25.1 Å². The van der Waals surface area contributed by atoms with Crippen molar-refractivity contribution in [3.05, 3.63) is 59.2 Å². The van der Waals surface area contributed by atoms with Crippen LogP contribution in [0.5, 0.6) is 5.75 Å². The van der Waals surface area contributed by atoms with Gasteiger partial charge in [0.15, 0.2) is 0 Å². The van der Waals surface area contributed by atoms with E-state index < -0.39 is 0 Å². The number of anilines is 1. The molecule has 0 saturated carbocycles. The molecule has 0 aliphatic rings. The highest BCUT2D eigenvalue weighted by Gasteiger charge is 2.08. The quantitative estimate of drug-likeness (QED) is 0.614. The van der Waals surface area contributed by atoms with Crippen molar-refractivity contribution in [2.75, 3.05) is 18.9 Å². The number of ether oxygens (including phenoxy) is 1. The summed E-state index contributed by atoms with van der Waals surface area (Å²) >= 11 is 0. The minimum absolute atomic E-state index is 0. The number of nitrogens with one attached hydrogen (secondary N) is 1. The number of rotatable bonds is 6. The van der Waals surface area contributed by atoms with E-state index in [-0.39, 0.29) is 18.3 Å². The average molecular weight is 349 g/mol. The predicted molar refractivity (Wildman–Crippen MR) is 101 cm³/mol. The maximum Gasteiger partial charge on any atom is 0.251 e. The van der Waals surface area contributed by atoms with E-state index in [4.69, 9.17) is 10.5 Å². The van der Waals surface area contributed by atoms with Gasteiger partial charge in [-0.25, -0.2) is 0 Å². The van der Waals surface area contributed by atoms with Gasteiger partial charge in [0.1, 0.15) is 12.4 Å². The Bertz CT molecular complexity index is 670.